The van der Waals surface area contributed by atoms with Gasteiger partial charge in [-0.25, -0.2) is 4.39 Å². The van der Waals surface area contributed by atoms with Crippen molar-refractivity contribution in [3.8, 4) is 11.1 Å². The second-order valence-corrected chi connectivity index (χ2v) is 8.61. The number of nitrogens with two attached hydrogens (primary N) is 2. The number of rotatable bonds is 5. The fraction of sp³-hybridized carbons (Fsp3) is 0.417. The molecule has 0 aromatic heterocycles. The summed E-state index contributed by atoms with van der Waals surface area (Å²) in [5.74, 6) is -0.954. The van der Waals surface area contributed by atoms with E-state index in [-0.39, 0.29) is 17.4 Å². The summed E-state index contributed by atoms with van der Waals surface area (Å²) in [6, 6.07) is 10.4. The van der Waals surface area contributed by atoms with Crippen LogP contribution in [0.25, 0.3) is 11.1 Å². The fourth-order valence-corrected chi connectivity index (χ4v) is 4.40. The predicted molar refractivity (Wildman–Crippen MR) is 123 cm³/mol. The number of anilines is 1. The van der Waals surface area contributed by atoms with Gasteiger partial charge in [-0.15, -0.1) is 0 Å². The molecule has 1 heterocycles. The van der Waals surface area contributed by atoms with Gasteiger partial charge in [0, 0.05) is 45.5 Å². The zero-order valence-electron chi connectivity index (χ0n) is 18.4. The van der Waals surface area contributed by atoms with Crippen LogP contribution in [0, 0.1) is 5.82 Å². The Labute approximate surface area is 187 Å². The maximum atomic E-state index is 14.9. The van der Waals surface area contributed by atoms with Gasteiger partial charge in [0.2, 0.25) is 5.91 Å². The molecule has 2 aliphatic rings. The third kappa shape index (κ3) is 4.08. The number of hydrogen-bond acceptors (Lipinski definition) is 5. The Balaban J connectivity index is 1.44. The highest BCUT2D eigenvalue weighted by atomic mass is 19.1. The van der Waals surface area contributed by atoms with Crippen molar-refractivity contribution in [1.29, 1.82) is 0 Å². The average Bonchev–Trinajstić information content (AvgIpc) is 2.81. The number of piperazine rings is 1. The zero-order chi connectivity index (χ0) is 22.9. The monoisotopic (exact) mass is 439 g/mol. The molecule has 2 aromatic carbocycles. The van der Waals surface area contributed by atoms with Crippen molar-refractivity contribution in [3.05, 3.63) is 53.3 Å². The highest BCUT2D eigenvalue weighted by molar-refractivity contribution is 5.95. The topological polar surface area (TPSA) is 105 Å². The molecular weight excluding hydrogens is 409 g/mol. The molecular formula is C24H30FN5O2. The maximum absolute atomic E-state index is 14.9. The van der Waals surface area contributed by atoms with Crippen LogP contribution in [0.4, 0.5) is 10.1 Å². The minimum absolute atomic E-state index is 0.0343. The van der Waals surface area contributed by atoms with Gasteiger partial charge in [-0.1, -0.05) is 18.2 Å². The Hall–Kier alpha value is -2.97. The van der Waals surface area contributed by atoms with Crippen LogP contribution in [-0.2, 0) is 11.3 Å². The summed E-state index contributed by atoms with van der Waals surface area (Å²) in [5.41, 5.74) is 14.6. The molecule has 7 nitrogen and oxygen atoms in total. The summed E-state index contributed by atoms with van der Waals surface area (Å²) >= 11 is 0. The van der Waals surface area contributed by atoms with Gasteiger partial charge in [-0.3, -0.25) is 9.59 Å². The van der Waals surface area contributed by atoms with E-state index in [2.05, 4.69) is 5.32 Å². The molecule has 8 heteroatoms. The summed E-state index contributed by atoms with van der Waals surface area (Å²) in [4.78, 5) is 28.8. The number of carbonyl (C=O) groups is 2. The number of nitrogens with zero attached hydrogens (tertiary/aromatic N) is 2. The number of hydrogen-bond donors (Lipinski definition) is 3. The van der Waals surface area contributed by atoms with Crippen LogP contribution in [-0.4, -0.2) is 60.4 Å². The van der Waals surface area contributed by atoms with E-state index in [9.17, 15) is 14.0 Å². The van der Waals surface area contributed by atoms with Gasteiger partial charge >= 0.3 is 0 Å². The fourth-order valence-electron chi connectivity index (χ4n) is 4.40. The Morgan fingerprint density at radius 2 is 1.66 bits per heavy atom. The number of nitrogens with one attached hydrogen (secondary N) is 1. The van der Waals surface area contributed by atoms with Crippen LogP contribution < -0.4 is 16.8 Å². The van der Waals surface area contributed by atoms with Gasteiger partial charge < -0.3 is 26.6 Å². The molecule has 0 bridgehead atoms. The van der Waals surface area contributed by atoms with E-state index in [4.69, 9.17) is 11.5 Å². The van der Waals surface area contributed by atoms with Gasteiger partial charge in [-0.05, 0) is 54.2 Å². The molecule has 5 N–H and O–H groups in total. The van der Waals surface area contributed by atoms with E-state index in [1.54, 1.807) is 15.9 Å². The molecule has 2 aromatic rings. The van der Waals surface area contributed by atoms with Crippen molar-refractivity contribution in [3.63, 3.8) is 0 Å². The highest BCUT2D eigenvalue weighted by Gasteiger charge is 2.43. The van der Waals surface area contributed by atoms with E-state index in [0.717, 1.165) is 23.2 Å². The third-order valence-electron chi connectivity index (χ3n) is 6.66. The van der Waals surface area contributed by atoms with E-state index < -0.39 is 11.4 Å². The van der Waals surface area contributed by atoms with E-state index in [1.165, 1.54) is 12.1 Å². The molecule has 32 heavy (non-hydrogen) atoms. The van der Waals surface area contributed by atoms with Crippen LogP contribution in [0.3, 0.4) is 0 Å². The first-order chi connectivity index (χ1) is 15.4. The largest absolute Gasteiger partial charge is 0.388 e. The molecule has 1 saturated carbocycles. The smallest absolute Gasteiger partial charge is 0.256 e. The average molecular weight is 440 g/mol. The lowest BCUT2D eigenvalue weighted by atomic mass is 9.76. The Morgan fingerprint density at radius 1 is 1.03 bits per heavy atom. The molecule has 1 saturated heterocycles. The number of amides is 2. The van der Waals surface area contributed by atoms with Gasteiger partial charge in [-0.2, -0.15) is 0 Å². The lowest BCUT2D eigenvalue weighted by Crippen LogP contribution is -2.62. The highest BCUT2D eigenvalue weighted by Crippen LogP contribution is 2.31. The summed E-state index contributed by atoms with van der Waals surface area (Å²) in [6.45, 7) is 1.98. The van der Waals surface area contributed by atoms with E-state index in [0.29, 0.717) is 51.1 Å². The first-order valence-corrected chi connectivity index (χ1v) is 11.0. The first-order valence-electron chi connectivity index (χ1n) is 11.0. The Bertz CT molecular complexity index is 1030. The number of halogens is 1. The molecule has 2 fully saturated rings. The van der Waals surface area contributed by atoms with Crippen LogP contribution in [0.2, 0.25) is 0 Å². The van der Waals surface area contributed by atoms with Crippen molar-refractivity contribution in [1.82, 2.24) is 9.80 Å². The molecule has 1 aliphatic carbocycles. The second kappa shape index (κ2) is 8.88. The third-order valence-corrected chi connectivity index (χ3v) is 6.66. The normalized spacial score (nSPS) is 17.6. The van der Waals surface area contributed by atoms with Gasteiger partial charge in [0.05, 0.1) is 11.1 Å². The molecule has 170 valence electrons. The lowest BCUT2D eigenvalue weighted by Gasteiger charge is -2.43. The predicted octanol–water partition coefficient (Wildman–Crippen LogP) is 2.16. The van der Waals surface area contributed by atoms with Crippen molar-refractivity contribution in [2.24, 2.45) is 11.5 Å². The Morgan fingerprint density at radius 3 is 2.22 bits per heavy atom. The maximum Gasteiger partial charge on any atom is 0.256 e. The van der Waals surface area contributed by atoms with E-state index in [1.807, 2.05) is 25.2 Å². The molecule has 1 aliphatic heterocycles. The van der Waals surface area contributed by atoms with Crippen LogP contribution >= 0.6 is 0 Å². The van der Waals surface area contributed by atoms with Crippen molar-refractivity contribution < 1.29 is 14.0 Å². The minimum atomic E-state index is -0.733. The second-order valence-electron chi connectivity index (χ2n) is 8.61. The van der Waals surface area contributed by atoms with Crippen LogP contribution in [0.5, 0.6) is 0 Å². The number of carbonyl (C=O) groups excluding carboxylic acids is 2. The van der Waals surface area contributed by atoms with Gasteiger partial charge in [0.1, 0.15) is 5.82 Å². The SMILES string of the molecule is CNc1cc(-c2ccc(C(=O)N3CCN(C(=O)C4(N)CCC4)CC3)c(F)c2)ccc1CN. The molecule has 0 radical (unpaired) electrons. The van der Waals surface area contributed by atoms with Crippen molar-refractivity contribution >= 4 is 17.5 Å². The summed E-state index contributed by atoms with van der Waals surface area (Å²) < 4.78 is 14.9. The Kier molecular flexibility index (Phi) is 6.17. The van der Waals surface area contributed by atoms with Crippen LogP contribution in [0.1, 0.15) is 35.2 Å². The summed E-state index contributed by atoms with van der Waals surface area (Å²) in [5, 5.41) is 3.10. The molecule has 0 atom stereocenters. The van der Waals surface area contributed by atoms with Gasteiger partial charge in [0.25, 0.3) is 5.91 Å². The molecule has 0 unspecified atom stereocenters. The quantitative estimate of drug-likeness (QED) is 0.662. The number of benzene rings is 2. The molecule has 4 rings (SSSR count). The first kappa shape index (κ1) is 22.2. The van der Waals surface area contributed by atoms with Gasteiger partial charge in [0.15, 0.2) is 0 Å². The van der Waals surface area contributed by atoms with Crippen molar-refractivity contribution in [2.45, 2.75) is 31.3 Å². The van der Waals surface area contributed by atoms with Crippen LogP contribution in [0.15, 0.2) is 36.4 Å². The zero-order valence-corrected chi connectivity index (χ0v) is 18.4. The molecule has 0 spiro atoms. The summed E-state index contributed by atoms with van der Waals surface area (Å²) in [7, 11) is 1.81. The minimum Gasteiger partial charge on any atom is -0.388 e. The van der Waals surface area contributed by atoms with E-state index >= 15 is 0 Å². The lowest BCUT2D eigenvalue weighted by molar-refractivity contribution is -0.141. The van der Waals surface area contributed by atoms with Crippen molar-refractivity contribution in [2.75, 3.05) is 38.5 Å². The summed E-state index contributed by atoms with van der Waals surface area (Å²) in [6.07, 6.45) is 2.41. The molecule has 2 amide bonds. The standard InChI is InChI=1S/C24H30FN5O2/c1-28-21-14-17(3-4-18(21)15-26)16-5-6-19(20(25)13-16)22(31)29-9-11-30(12-10-29)23(32)24(27)7-2-8-24/h3-6,13-14,28H,2,7-12,15,26-27H2,1H3.